The molecule has 2 aromatic rings. The number of carbonyl (C=O) groups excluding carboxylic acids is 2. The van der Waals surface area contributed by atoms with Gasteiger partial charge in [0.15, 0.2) is 0 Å². The Kier molecular flexibility index (Phi) is 7.47. The fourth-order valence-corrected chi connectivity index (χ4v) is 3.08. The highest BCUT2D eigenvalue weighted by molar-refractivity contribution is 7.12. The normalized spacial score (nSPS) is 10.3. The van der Waals surface area contributed by atoms with Crippen molar-refractivity contribution in [2.75, 3.05) is 26.8 Å². The minimum atomic E-state index is -0.282. The van der Waals surface area contributed by atoms with E-state index in [2.05, 4.69) is 0 Å². The number of methoxy groups -OCH3 is 1. The largest absolute Gasteiger partial charge is 0.497 e. The van der Waals surface area contributed by atoms with Crippen LogP contribution in [0.3, 0.4) is 0 Å². The monoisotopic (exact) mass is 361 g/mol. The Morgan fingerprint density at radius 1 is 1.12 bits per heavy atom. The van der Waals surface area contributed by atoms with E-state index in [1.165, 1.54) is 11.3 Å². The van der Waals surface area contributed by atoms with Gasteiger partial charge in [0.2, 0.25) is 0 Å². The van der Waals surface area contributed by atoms with Gasteiger partial charge in [-0.3, -0.25) is 9.59 Å². The molecule has 1 amide bonds. The zero-order valence-electron chi connectivity index (χ0n) is 14.6. The summed E-state index contributed by atoms with van der Waals surface area (Å²) >= 11 is 1.41. The van der Waals surface area contributed by atoms with Gasteiger partial charge in [0.25, 0.3) is 5.91 Å². The summed E-state index contributed by atoms with van der Waals surface area (Å²) in [6, 6.07) is 11.4. The summed E-state index contributed by atoms with van der Waals surface area (Å²) < 4.78 is 10.1. The van der Waals surface area contributed by atoms with Crippen molar-refractivity contribution in [3.63, 3.8) is 0 Å². The van der Waals surface area contributed by atoms with Crippen LogP contribution in [0.15, 0.2) is 41.8 Å². The van der Waals surface area contributed by atoms with Gasteiger partial charge in [-0.15, -0.1) is 11.3 Å². The van der Waals surface area contributed by atoms with Crippen LogP contribution in [-0.4, -0.2) is 43.6 Å². The van der Waals surface area contributed by atoms with E-state index in [1.807, 2.05) is 35.7 Å². The van der Waals surface area contributed by atoms with E-state index in [1.54, 1.807) is 25.0 Å². The van der Waals surface area contributed by atoms with Crippen molar-refractivity contribution in [3.8, 4) is 5.75 Å². The van der Waals surface area contributed by atoms with Crippen LogP contribution >= 0.6 is 11.3 Å². The fourth-order valence-electron chi connectivity index (χ4n) is 2.39. The highest BCUT2D eigenvalue weighted by Crippen LogP contribution is 2.15. The molecule has 0 bridgehead atoms. The second-order valence-electron chi connectivity index (χ2n) is 5.42. The van der Waals surface area contributed by atoms with Crippen molar-refractivity contribution in [2.24, 2.45) is 0 Å². The van der Waals surface area contributed by atoms with E-state index in [4.69, 9.17) is 9.47 Å². The molecule has 25 heavy (non-hydrogen) atoms. The molecule has 5 nitrogen and oxygen atoms in total. The van der Waals surface area contributed by atoms with Crippen LogP contribution in [0.4, 0.5) is 0 Å². The molecule has 0 aliphatic heterocycles. The lowest BCUT2D eigenvalue weighted by Crippen LogP contribution is -2.34. The Morgan fingerprint density at radius 3 is 2.48 bits per heavy atom. The molecule has 0 atom stereocenters. The van der Waals surface area contributed by atoms with Gasteiger partial charge < -0.3 is 14.4 Å². The first-order chi connectivity index (χ1) is 12.1. The summed E-state index contributed by atoms with van der Waals surface area (Å²) in [6.07, 6.45) is 0.914. The van der Waals surface area contributed by atoms with Crippen LogP contribution in [0.25, 0.3) is 0 Å². The number of hydrogen-bond acceptors (Lipinski definition) is 5. The molecule has 0 N–H and O–H groups in total. The summed E-state index contributed by atoms with van der Waals surface area (Å²) in [5, 5.41) is 1.88. The van der Waals surface area contributed by atoms with Crippen molar-refractivity contribution < 1.29 is 19.1 Å². The zero-order chi connectivity index (χ0) is 18.1. The Morgan fingerprint density at radius 2 is 1.88 bits per heavy atom. The SMILES string of the molecule is CCOC(=O)CCN(CCc1ccc(OC)cc1)C(=O)c1cccs1. The van der Waals surface area contributed by atoms with E-state index in [-0.39, 0.29) is 18.3 Å². The summed E-state index contributed by atoms with van der Waals surface area (Å²) in [4.78, 5) is 26.7. The smallest absolute Gasteiger partial charge is 0.307 e. The molecular weight excluding hydrogens is 338 g/mol. The van der Waals surface area contributed by atoms with Crippen LogP contribution < -0.4 is 4.74 Å². The summed E-state index contributed by atoms with van der Waals surface area (Å²) in [5.41, 5.74) is 1.11. The van der Waals surface area contributed by atoms with Crippen LogP contribution in [0.1, 0.15) is 28.6 Å². The van der Waals surface area contributed by atoms with Gasteiger partial charge in [-0.1, -0.05) is 18.2 Å². The molecule has 0 unspecified atom stereocenters. The third-order valence-electron chi connectivity index (χ3n) is 3.74. The second-order valence-corrected chi connectivity index (χ2v) is 6.37. The first-order valence-electron chi connectivity index (χ1n) is 8.25. The first-order valence-corrected chi connectivity index (χ1v) is 9.13. The van der Waals surface area contributed by atoms with Gasteiger partial charge in [-0.2, -0.15) is 0 Å². The van der Waals surface area contributed by atoms with Crippen LogP contribution in [-0.2, 0) is 16.0 Å². The van der Waals surface area contributed by atoms with E-state index >= 15 is 0 Å². The number of amides is 1. The predicted octanol–water partition coefficient (Wildman–Crippen LogP) is 3.39. The maximum atomic E-state index is 12.7. The molecule has 0 saturated carbocycles. The molecule has 0 saturated heterocycles. The second kappa shape index (κ2) is 9.84. The minimum absolute atomic E-state index is 0.0483. The van der Waals surface area contributed by atoms with Gasteiger partial charge >= 0.3 is 5.97 Å². The zero-order valence-corrected chi connectivity index (χ0v) is 15.4. The average molecular weight is 361 g/mol. The number of thiophene rings is 1. The lowest BCUT2D eigenvalue weighted by Gasteiger charge is -2.22. The number of ether oxygens (including phenoxy) is 2. The average Bonchev–Trinajstić information content (AvgIpc) is 3.16. The number of carbonyl (C=O) groups is 2. The summed E-state index contributed by atoms with van der Waals surface area (Å²) in [6.45, 7) is 3.02. The van der Waals surface area contributed by atoms with Crippen molar-refractivity contribution in [1.29, 1.82) is 0 Å². The van der Waals surface area contributed by atoms with Gasteiger partial charge in [-0.05, 0) is 42.5 Å². The quantitative estimate of drug-likeness (QED) is 0.643. The van der Waals surface area contributed by atoms with E-state index < -0.39 is 0 Å². The molecule has 134 valence electrons. The van der Waals surface area contributed by atoms with E-state index in [0.717, 1.165) is 11.3 Å². The summed E-state index contributed by atoms with van der Waals surface area (Å²) in [5.74, 6) is 0.473. The van der Waals surface area contributed by atoms with Crippen LogP contribution in [0, 0.1) is 0 Å². The van der Waals surface area contributed by atoms with E-state index in [0.29, 0.717) is 31.0 Å². The Balaban J connectivity index is 1.99. The topological polar surface area (TPSA) is 55.8 Å². The molecule has 6 heteroatoms. The fraction of sp³-hybridized carbons (Fsp3) is 0.368. The van der Waals surface area contributed by atoms with Crippen molar-refractivity contribution >= 4 is 23.2 Å². The minimum Gasteiger partial charge on any atom is -0.497 e. The third-order valence-corrected chi connectivity index (χ3v) is 4.60. The maximum absolute atomic E-state index is 12.7. The number of benzene rings is 1. The highest BCUT2D eigenvalue weighted by atomic mass is 32.1. The Labute approximate surface area is 152 Å². The molecule has 1 aromatic heterocycles. The standard InChI is InChI=1S/C19H23NO4S/c1-3-24-18(21)11-13-20(19(22)17-5-4-14-25-17)12-10-15-6-8-16(23-2)9-7-15/h4-9,14H,3,10-13H2,1-2H3. The summed E-state index contributed by atoms with van der Waals surface area (Å²) in [7, 11) is 1.63. The predicted molar refractivity (Wildman–Crippen MR) is 98.2 cm³/mol. The van der Waals surface area contributed by atoms with Crippen LogP contribution in [0.5, 0.6) is 5.75 Å². The lowest BCUT2D eigenvalue weighted by atomic mass is 10.1. The maximum Gasteiger partial charge on any atom is 0.307 e. The molecule has 1 aromatic carbocycles. The Hall–Kier alpha value is -2.34. The van der Waals surface area contributed by atoms with Crippen molar-refractivity contribution in [2.45, 2.75) is 19.8 Å². The number of nitrogens with zero attached hydrogens (tertiary/aromatic N) is 1. The number of hydrogen-bond donors (Lipinski definition) is 0. The molecule has 2 rings (SSSR count). The molecule has 0 aliphatic rings. The number of esters is 1. The Bertz CT molecular complexity index is 667. The molecule has 0 radical (unpaired) electrons. The van der Waals surface area contributed by atoms with E-state index in [9.17, 15) is 9.59 Å². The van der Waals surface area contributed by atoms with Gasteiger partial charge in [0.1, 0.15) is 5.75 Å². The van der Waals surface area contributed by atoms with Gasteiger partial charge in [-0.25, -0.2) is 0 Å². The number of rotatable bonds is 9. The lowest BCUT2D eigenvalue weighted by molar-refractivity contribution is -0.143. The molecule has 0 aliphatic carbocycles. The first kappa shape index (κ1) is 19.0. The molecular formula is C19H23NO4S. The molecule has 1 heterocycles. The highest BCUT2D eigenvalue weighted by Gasteiger charge is 2.18. The molecule has 0 spiro atoms. The molecule has 0 fully saturated rings. The third kappa shape index (κ3) is 5.90. The van der Waals surface area contributed by atoms with Gasteiger partial charge in [0, 0.05) is 13.1 Å². The van der Waals surface area contributed by atoms with Crippen molar-refractivity contribution in [3.05, 3.63) is 52.2 Å². The van der Waals surface area contributed by atoms with Crippen molar-refractivity contribution in [1.82, 2.24) is 4.90 Å². The van der Waals surface area contributed by atoms with Crippen LogP contribution in [0.2, 0.25) is 0 Å². The van der Waals surface area contributed by atoms with Gasteiger partial charge in [0.05, 0.1) is 25.0 Å².